The molecule has 116 valence electrons. The Balaban J connectivity index is 1.98. The maximum atomic E-state index is 12.6. The number of rotatable bonds is 3. The van der Waals surface area contributed by atoms with E-state index in [0.29, 0.717) is 28.3 Å². The molecule has 0 spiro atoms. The Bertz CT molecular complexity index is 931. The topological polar surface area (TPSA) is 63.5 Å². The van der Waals surface area contributed by atoms with Crippen LogP contribution in [0, 0.1) is 6.92 Å². The summed E-state index contributed by atoms with van der Waals surface area (Å²) in [5.41, 5.74) is 2.94. The van der Waals surface area contributed by atoms with Crippen LogP contribution in [0.3, 0.4) is 0 Å². The third-order valence-corrected chi connectivity index (χ3v) is 3.97. The average Bonchev–Trinajstić information content (AvgIpc) is 2.82. The van der Waals surface area contributed by atoms with Gasteiger partial charge < -0.3 is 5.32 Å². The first-order valence-corrected chi connectivity index (χ1v) is 7.81. The maximum Gasteiger partial charge on any atom is 0.274 e. The Morgan fingerprint density at radius 1 is 1.22 bits per heavy atom. The summed E-state index contributed by atoms with van der Waals surface area (Å²) >= 11 is 3.40. The largest absolute Gasteiger partial charge is 0.321 e. The number of nitrogens with one attached hydrogen (secondary N) is 1. The van der Waals surface area contributed by atoms with Crippen LogP contribution in [-0.2, 0) is 0 Å². The Morgan fingerprint density at radius 3 is 2.74 bits per heavy atom. The molecular weight excluding hydrogens is 358 g/mol. The summed E-state index contributed by atoms with van der Waals surface area (Å²) < 4.78 is 2.60. The van der Waals surface area contributed by atoms with Crippen LogP contribution in [0.25, 0.3) is 5.65 Å². The monoisotopic (exact) mass is 371 g/mol. The molecule has 5 nitrogen and oxygen atoms in total. The molecule has 3 rings (SSSR count). The number of hydrogen-bond acceptors (Lipinski definition) is 3. The van der Waals surface area contributed by atoms with Crippen LogP contribution in [0.2, 0.25) is 0 Å². The van der Waals surface area contributed by atoms with Gasteiger partial charge in [-0.25, -0.2) is 4.98 Å². The van der Waals surface area contributed by atoms with Gasteiger partial charge in [-0.2, -0.15) is 0 Å². The minimum absolute atomic E-state index is 0.0454. The van der Waals surface area contributed by atoms with Crippen LogP contribution in [0.5, 0.6) is 0 Å². The Hall–Kier alpha value is -2.47. The summed E-state index contributed by atoms with van der Waals surface area (Å²) in [5.74, 6) is -0.315. The second kappa shape index (κ2) is 5.96. The van der Waals surface area contributed by atoms with Crippen LogP contribution in [0.4, 0.5) is 5.69 Å². The number of carbonyl (C=O) groups is 2. The molecule has 0 fully saturated rings. The quantitative estimate of drug-likeness (QED) is 0.711. The van der Waals surface area contributed by atoms with Crippen LogP contribution >= 0.6 is 15.9 Å². The third kappa shape index (κ3) is 3.03. The van der Waals surface area contributed by atoms with Gasteiger partial charge in [-0.15, -0.1) is 0 Å². The molecule has 6 heteroatoms. The van der Waals surface area contributed by atoms with E-state index in [9.17, 15) is 9.59 Å². The second-order valence-electron chi connectivity index (χ2n) is 5.21. The standard InChI is InChI=1S/C17H14BrN3O2/c1-10-16(21-9-13(18)6-7-15(21)19-10)17(23)20-14-5-3-4-12(8-14)11(2)22/h3-9H,1-2H3,(H,20,23). The molecule has 2 heterocycles. The molecule has 0 aliphatic carbocycles. The minimum atomic E-state index is -0.270. The van der Waals surface area contributed by atoms with E-state index in [0.717, 1.165) is 4.47 Å². The van der Waals surface area contributed by atoms with E-state index in [1.807, 2.05) is 12.1 Å². The zero-order chi connectivity index (χ0) is 16.6. The van der Waals surface area contributed by atoms with Gasteiger partial charge in [0.2, 0.25) is 0 Å². The lowest BCUT2D eigenvalue weighted by molar-refractivity contribution is 0.100. The first-order chi connectivity index (χ1) is 11.0. The molecule has 0 bridgehead atoms. The molecule has 0 saturated heterocycles. The van der Waals surface area contributed by atoms with Crippen molar-refractivity contribution < 1.29 is 9.59 Å². The van der Waals surface area contributed by atoms with Gasteiger partial charge >= 0.3 is 0 Å². The number of aryl methyl sites for hydroxylation is 1. The molecule has 0 aliphatic rings. The lowest BCUT2D eigenvalue weighted by atomic mass is 10.1. The zero-order valence-electron chi connectivity index (χ0n) is 12.6. The van der Waals surface area contributed by atoms with E-state index < -0.39 is 0 Å². The number of Topliss-reactive ketones (excluding diaryl/α,β-unsaturated/α-hetero) is 1. The summed E-state index contributed by atoms with van der Waals surface area (Å²) in [7, 11) is 0. The van der Waals surface area contributed by atoms with E-state index in [2.05, 4.69) is 26.2 Å². The van der Waals surface area contributed by atoms with Crippen LogP contribution < -0.4 is 5.32 Å². The minimum Gasteiger partial charge on any atom is -0.321 e. The Kier molecular flexibility index (Phi) is 4.00. The summed E-state index contributed by atoms with van der Waals surface area (Å²) in [6.45, 7) is 3.29. The Morgan fingerprint density at radius 2 is 2.00 bits per heavy atom. The van der Waals surface area contributed by atoms with Gasteiger partial charge in [0.15, 0.2) is 5.78 Å². The highest BCUT2D eigenvalue weighted by atomic mass is 79.9. The second-order valence-corrected chi connectivity index (χ2v) is 6.13. The molecule has 2 aromatic heterocycles. The van der Waals surface area contributed by atoms with Crippen molar-refractivity contribution in [1.29, 1.82) is 0 Å². The van der Waals surface area contributed by atoms with Crippen molar-refractivity contribution in [3.63, 3.8) is 0 Å². The normalized spacial score (nSPS) is 10.7. The summed E-state index contributed by atoms with van der Waals surface area (Å²) in [6.07, 6.45) is 1.80. The SMILES string of the molecule is CC(=O)c1cccc(NC(=O)c2c(C)nc3ccc(Br)cn23)c1. The van der Waals surface area contributed by atoms with E-state index >= 15 is 0 Å². The van der Waals surface area contributed by atoms with Gasteiger partial charge in [0.25, 0.3) is 5.91 Å². The zero-order valence-corrected chi connectivity index (χ0v) is 14.2. The van der Waals surface area contributed by atoms with E-state index in [-0.39, 0.29) is 11.7 Å². The van der Waals surface area contributed by atoms with Gasteiger partial charge in [-0.1, -0.05) is 12.1 Å². The predicted octanol–water partition coefficient (Wildman–Crippen LogP) is 3.86. The summed E-state index contributed by atoms with van der Waals surface area (Å²) in [6, 6.07) is 10.6. The van der Waals surface area contributed by atoms with Crippen LogP contribution in [-0.4, -0.2) is 21.1 Å². The van der Waals surface area contributed by atoms with Gasteiger partial charge in [-0.3, -0.25) is 14.0 Å². The van der Waals surface area contributed by atoms with Gasteiger partial charge in [0, 0.05) is 21.9 Å². The van der Waals surface area contributed by atoms with Crippen molar-refractivity contribution in [2.24, 2.45) is 0 Å². The number of aromatic nitrogens is 2. The smallest absolute Gasteiger partial charge is 0.274 e. The molecule has 0 radical (unpaired) electrons. The molecule has 1 N–H and O–H groups in total. The van der Waals surface area contributed by atoms with Crippen molar-refractivity contribution in [3.05, 3.63) is 64.0 Å². The molecule has 0 atom stereocenters. The van der Waals surface area contributed by atoms with Crippen molar-refractivity contribution in [3.8, 4) is 0 Å². The summed E-state index contributed by atoms with van der Waals surface area (Å²) in [5, 5.41) is 2.82. The number of hydrogen-bond donors (Lipinski definition) is 1. The molecule has 0 saturated carbocycles. The van der Waals surface area contributed by atoms with E-state index in [1.54, 1.807) is 41.8 Å². The molecule has 1 amide bonds. The first-order valence-electron chi connectivity index (χ1n) is 7.02. The number of anilines is 1. The molecule has 1 aromatic carbocycles. The number of ketones is 1. The fourth-order valence-electron chi connectivity index (χ4n) is 2.42. The highest BCUT2D eigenvalue weighted by Crippen LogP contribution is 2.19. The molecular formula is C17H14BrN3O2. The van der Waals surface area contributed by atoms with E-state index in [1.165, 1.54) is 6.92 Å². The molecule has 23 heavy (non-hydrogen) atoms. The van der Waals surface area contributed by atoms with Gasteiger partial charge in [0.1, 0.15) is 11.3 Å². The maximum absolute atomic E-state index is 12.6. The highest BCUT2D eigenvalue weighted by molar-refractivity contribution is 9.10. The highest BCUT2D eigenvalue weighted by Gasteiger charge is 2.17. The van der Waals surface area contributed by atoms with Crippen LogP contribution in [0.15, 0.2) is 47.1 Å². The van der Waals surface area contributed by atoms with E-state index in [4.69, 9.17) is 0 Å². The van der Waals surface area contributed by atoms with Crippen molar-refractivity contribution >= 4 is 39.0 Å². The number of imidazole rings is 1. The summed E-state index contributed by atoms with van der Waals surface area (Å²) in [4.78, 5) is 28.5. The number of nitrogens with zero attached hydrogens (tertiary/aromatic N) is 2. The first kappa shape index (κ1) is 15.4. The fraction of sp³-hybridized carbons (Fsp3) is 0.118. The van der Waals surface area contributed by atoms with Gasteiger partial charge in [0.05, 0.1) is 5.69 Å². The number of carbonyl (C=O) groups excluding carboxylic acids is 2. The molecule has 0 aliphatic heterocycles. The number of halogens is 1. The number of fused-ring (bicyclic) bond motifs is 1. The van der Waals surface area contributed by atoms with Crippen molar-refractivity contribution in [2.75, 3.05) is 5.32 Å². The molecule has 0 unspecified atom stereocenters. The number of pyridine rings is 1. The lowest BCUT2D eigenvalue weighted by Crippen LogP contribution is -2.15. The van der Waals surface area contributed by atoms with Gasteiger partial charge in [-0.05, 0) is 54.0 Å². The average molecular weight is 372 g/mol. The Labute approximate surface area is 141 Å². The van der Waals surface area contributed by atoms with Crippen LogP contribution in [0.1, 0.15) is 33.5 Å². The lowest BCUT2D eigenvalue weighted by Gasteiger charge is -2.07. The third-order valence-electron chi connectivity index (χ3n) is 3.50. The van der Waals surface area contributed by atoms with Crippen molar-refractivity contribution in [1.82, 2.24) is 9.38 Å². The number of amides is 1. The van der Waals surface area contributed by atoms with Crippen molar-refractivity contribution in [2.45, 2.75) is 13.8 Å². The fourth-order valence-corrected chi connectivity index (χ4v) is 2.75. The molecule has 3 aromatic rings. The number of benzene rings is 1. The predicted molar refractivity (Wildman–Crippen MR) is 92.0 cm³/mol.